The number of nitrogens with zero attached hydrogens (tertiary/aromatic N) is 2. The highest BCUT2D eigenvalue weighted by molar-refractivity contribution is 7.16. The van der Waals surface area contributed by atoms with Crippen molar-refractivity contribution in [2.75, 3.05) is 5.32 Å². The Labute approximate surface area is 122 Å². The van der Waals surface area contributed by atoms with E-state index in [1.54, 1.807) is 11.3 Å². The lowest BCUT2D eigenvalue weighted by Crippen LogP contribution is -2.31. The van der Waals surface area contributed by atoms with Crippen molar-refractivity contribution in [2.45, 2.75) is 39.7 Å². The molecule has 0 saturated carbocycles. The molecule has 1 atom stereocenters. The second kappa shape index (κ2) is 6.17. The maximum Gasteiger partial charge on any atom is 0.326 e. The maximum absolute atomic E-state index is 11.4. The summed E-state index contributed by atoms with van der Waals surface area (Å²) >= 11 is 1.54. The quantitative estimate of drug-likeness (QED) is 0.855. The minimum absolute atomic E-state index is 0.300. The van der Waals surface area contributed by atoms with Gasteiger partial charge in [-0.25, -0.2) is 14.8 Å². The van der Waals surface area contributed by atoms with Gasteiger partial charge < -0.3 is 10.4 Å². The van der Waals surface area contributed by atoms with Crippen molar-refractivity contribution in [2.24, 2.45) is 5.92 Å². The summed E-state index contributed by atoms with van der Waals surface area (Å²) in [5, 5.41) is 15.2. The number of rotatable bonds is 6. The predicted molar refractivity (Wildman–Crippen MR) is 81.3 cm³/mol. The Hall–Kier alpha value is -1.69. The Kier molecular flexibility index (Phi) is 4.54. The Morgan fingerprint density at radius 1 is 1.45 bits per heavy atom. The Bertz CT molecular complexity index is 609. The Morgan fingerprint density at radius 2 is 2.20 bits per heavy atom. The molecule has 0 radical (unpaired) electrons. The summed E-state index contributed by atoms with van der Waals surface area (Å²) in [5.41, 5.74) is 0. The van der Waals surface area contributed by atoms with E-state index in [1.807, 2.05) is 32.2 Å². The first-order valence-corrected chi connectivity index (χ1v) is 7.62. The molecule has 0 spiro atoms. The van der Waals surface area contributed by atoms with Gasteiger partial charge >= 0.3 is 5.97 Å². The molecule has 0 aliphatic heterocycles. The van der Waals surface area contributed by atoms with Crippen LogP contribution in [0.3, 0.4) is 0 Å². The second-order valence-corrected chi connectivity index (χ2v) is 6.04. The SMILES string of the molecule is CCc1nc(N[C@H](CC(C)C)C(=O)O)c2ccsc2n1. The van der Waals surface area contributed by atoms with E-state index < -0.39 is 12.0 Å². The maximum atomic E-state index is 11.4. The van der Waals surface area contributed by atoms with Crippen LogP contribution in [0.4, 0.5) is 5.82 Å². The summed E-state index contributed by atoms with van der Waals surface area (Å²) in [6.07, 6.45) is 1.29. The van der Waals surface area contributed by atoms with Crippen molar-refractivity contribution >= 4 is 33.3 Å². The number of fused-ring (bicyclic) bond motifs is 1. The van der Waals surface area contributed by atoms with E-state index in [2.05, 4.69) is 15.3 Å². The molecule has 2 aromatic heterocycles. The molecule has 0 saturated heterocycles. The second-order valence-electron chi connectivity index (χ2n) is 5.15. The molecule has 0 unspecified atom stereocenters. The molecule has 108 valence electrons. The van der Waals surface area contributed by atoms with Crippen molar-refractivity contribution in [1.29, 1.82) is 0 Å². The van der Waals surface area contributed by atoms with Crippen LogP contribution in [0.25, 0.3) is 10.2 Å². The first kappa shape index (κ1) is 14.7. The van der Waals surface area contributed by atoms with Crippen LogP contribution >= 0.6 is 11.3 Å². The van der Waals surface area contributed by atoms with Gasteiger partial charge in [0.15, 0.2) is 0 Å². The summed E-state index contributed by atoms with van der Waals surface area (Å²) in [4.78, 5) is 21.2. The van der Waals surface area contributed by atoms with Gasteiger partial charge in [-0.05, 0) is 23.8 Å². The van der Waals surface area contributed by atoms with Crippen molar-refractivity contribution in [3.63, 3.8) is 0 Å². The molecule has 0 aromatic carbocycles. The van der Waals surface area contributed by atoms with Crippen LogP contribution < -0.4 is 5.32 Å². The minimum Gasteiger partial charge on any atom is -0.480 e. The molecule has 0 fully saturated rings. The summed E-state index contributed by atoms with van der Waals surface area (Å²) in [6.45, 7) is 6.01. The van der Waals surface area contributed by atoms with Crippen molar-refractivity contribution in [3.05, 3.63) is 17.3 Å². The zero-order chi connectivity index (χ0) is 14.7. The Morgan fingerprint density at radius 3 is 2.80 bits per heavy atom. The molecule has 0 aliphatic rings. The number of carboxylic acid groups (broad SMARTS) is 1. The highest BCUT2D eigenvalue weighted by Crippen LogP contribution is 2.26. The number of aromatic nitrogens is 2. The van der Waals surface area contributed by atoms with E-state index in [-0.39, 0.29) is 0 Å². The number of aryl methyl sites for hydroxylation is 1. The smallest absolute Gasteiger partial charge is 0.326 e. The van der Waals surface area contributed by atoms with Crippen LogP contribution in [0.2, 0.25) is 0 Å². The topological polar surface area (TPSA) is 75.1 Å². The number of thiophene rings is 1. The van der Waals surface area contributed by atoms with Crippen LogP contribution in [0.15, 0.2) is 11.4 Å². The molecule has 0 aliphatic carbocycles. The summed E-state index contributed by atoms with van der Waals surface area (Å²) in [6, 6.07) is 1.30. The number of nitrogens with one attached hydrogen (secondary N) is 1. The van der Waals surface area contributed by atoms with E-state index in [0.29, 0.717) is 18.2 Å². The molecule has 0 amide bonds. The molecule has 20 heavy (non-hydrogen) atoms. The van der Waals surface area contributed by atoms with Gasteiger partial charge in [-0.15, -0.1) is 11.3 Å². The van der Waals surface area contributed by atoms with Crippen molar-refractivity contribution < 1.29 is 9.90 Å². The molecular formula is C14H19N3O2S. The molecule has 2 N–H and O–H groups in total. The third-order valence-corrected chi connectivity index (χ3v) is 3.81. The van der Waals surface area contributed by atoms with E-state index in [1.165, 1.54) is 0 Å². The molecule has 2 aromatic rings. The van der Waals surface area contributed by atoms with Crippen LogP contribution in [0.5, 0.6) is 0 Å². The van der Waals surface area contributed by atoms with Crippen molar-refractivity contribution in [3.8, 4) is 0 Å². The number of hydrogen-bond acceptors (Lipinski definition) is 5. The lowest BCUT2D eigenvalue weighted by molar-refractivity contribution is -0.138. The highest BCUT2D eigenvalue weighted by Gasteiger charge is 2.20. The van der Waals surface area contributed by atoms with E-state index in [4.69, 9.17) is 0 Å². The fraction of sp³-hybridized carbons (Fsp3) is 0.500. The van der Waals surface area contributed by atoms with Gasteiger partial charge in [0.05, 0.1) is 5.39 Å². The third kappa shape index (κ3) is 3.25. The number of hydrogen-bond donors (Lipinski definition) is 2. The van der Waals surface area contributed by atoms with Crippen LogP contribution in [0.1, 0.15) is 33.0 Å². The van der Waals surface area contributed by atoms with E-state index >= 15 is 0 Å². The average Bonchev–Trinajstić information content (AvgIpc) is 2.85. The lowest BCUT2D eigenvalue weighted by atomic mass is 10.0. The van der Waals surface area contributed by atoms with Gasteiger partial charge in [-0.2, -0.15) is 0 Å². The van der Waals surface area contributed by atoms with Gasteiger partial charge in [0, 0.05) is 6.42 Å². The molecule has 5 nitrogen and oxygen atoms in total. The van der Waals surface area contributed by atoms with Gasteiger partial charge in [0.25, 0.3) is 0 Å². The zero-order valence-electron chi connectivity index (χ0n) is 11.9. The monoisotopic (exact) mass is 293 g/mol. The summed E-state index contributed by atoms with van der Waals surface area (Å²) < 4.78 is 0. The largest absolute Gasteiger partial charge is 0.480 e. The molecule has 2 rings (SSSR count). The fourth-order valence-electron chi connectivity index (χ4n) is 2.03. The average molecular weight is 293 g/mol. The number of carbonyl (C=O) groups is 1. The summed E-state index contributed by atoms with van der Waals surface area (Å²) in [7, 11) is 0. The number of carboxylic acids is 1. The number of anilines is 1. The molecular weight excluding hydrogens is 274 g/mol. The van der Waals surface area contributed by atoms with Gasteiger partial charge in [-0.3, -0.25) is 0 Å². The molecule has 0 bridgehead atoms. The highest BCUT2D eigenvalue weighted by atomic mass is 32.1. The fourth-order valence-corrected chi connectivity index (χ4v) is 2.81. The van der Waals surface area contributed by atoms with Crippen molar-refractivity contribution in [1.82, 2.24) is 9.97 Å². The lowest BCUT2D eigenvalue weighted by Gasteiger charge is -2.17. The first-order valence-electron chi connectivity index (χ1n) is 6.74. The van der Waals surface area contributed by atoms with Crippen LogP contribution in [-0.2, 0) is 11.2 Å². The van der Waals surface area contributed by atoms with Crippen LogP contribution in [0, 0.1) is 5.92 Å². The summed E-state index contributed by atoms with van der Waals surface area (Å²) in [5.74, 6) is 0.810. The standard InChI is InChI=1S/C14H19N3O2S/c1-4-11-16-12(9-5-6-20-13(9)17-11)15-10(14(18)19)7-8(2)3/h5-6,8,10H,4,7H2,1-3H3,(H,18,19)(H,15,16,17)/t10-/m1/s1. The van der Waals surface area contributed by atoms with E-state index in [9.17, 15) is 9.90 Å². The normalized spacial score (nSPS) is 12.8. The van der Waals surface area contributed by atoms with Gasteiger partial charge in [-0.1, -0.05) is 20.8 Å². The van der Waals surface area contributed by atoms with Crippen LogP contribution in [-0.4, -0.2) is 27.1 Å². The molecule has 2 heterocycles. The van der Waals surface area contributed by atoms with Gasteiger partial charge in [0.2, 0.25) is 0 Å². The minimum atomic E-state index is -0.848. The third-order valence-electron chi connectivity index (χ3n) is 3.00. The zero-order valence-corrected chi connectivity index (χ0v) is 12.7. The first-order chi connectivity index (χ1) is 9.51. The Balaban J connectivity index is 2.35. The van der Waals surface area contributed by atoms with Gasteiger partial charge in [0.1, 0.15) is 22.5 Å². The number of aliphatic carboxylic acids is 1. The predicted octanol–water partition coefficient (Wildman–Crippen LogP) is 3.16. The molecule has 6 heteroatoms. The van der Waals surface area contributed by atoms with E-state index in [0.717, 1.165) is 22.5 Å².